The molecule has 0 aromatic heterocycles. The Balaban J connectivity index is 1.86. The lowest BCUT2D eigenvalue weighted by Crippen LogP contribution is -2.44. The van der Waals surface area contributed by atoms with Crippen molar-refractivity contribution in [3.63, 3.8) is 0 Å². The maximum Gasteiger partial charge on any atom is 0.317 e. The van der Waals surface area contributed by atoms with E-state index in [1.165, 1.54) is 26.2 Å². The molecule has 5 heteroatoms. The standard InChI is InChI=1S/C17H25N3O2/c1-13(21)19-15-8-6-7-14(11-15)12-18-17(22)20(2)16-9-4-3-5-10-16/h6-8,11,16H,3-5,9-10,12H2,1-2H3,(H,18,22)(H,19,21). The summed E-state index contributed by atoms with van der Waals surface area (Å²) in [7, 11) is 1.87. The molecule has 1 aliphatic rings. The number of carbonyl (C=O) groups is 2. The van der Waals surface area contributed by atoms with Crippen molar-refractivity contribution < 1.29 is 9.59 Å². The fourth-order valence-corrected chi connectivity index (χ4v) is 2.90. The fourth-order valence-electron chi connectivity index (χ4n) is 2.90. The first-order valence-corrected chi connectivity index (χ1v) is 7.93. The highest BCUT2D eigenvalue weighted by atomic mass is 16.2. The number of carbonyl (C=O) groups excluding carboxylic acids is 2. The summed E-state index contributed by atoms with van der Waals surface area (Å²) in [6.07, 6.45) is 5.90. The van der Waals surface area contributed by atoms with Crippen LogP contribution < -0.4 is 10.6 Å². The highest BCUT2D eigenvalue weighted by Crippen LogP contribution is 2.21. The van der Waals surface area contributed by atoms with E-state index in [2.05, 4.69) is 10.6 Å². The number of urea groups is 1. The van der Waals surface area contributed by atoms with Crippen molar-refractivity contribution in [3.05, 3.63) is 29.8 Å². The Morgan fingerprint density at radius 2 is 1.95 bits per heavy atom. The summed E-state index contributed by atoms with van der Waals surface area (Å²) < 4.78 is 0. The van der Waals surface area contributed by atoms with Crippen LogP contribution >= 0.6 is 0 Å². The van der Waals surface area contributed by atoms with Crippen molar-refractivity contribution in [2.75, 3.05) is 12.4 Å². The molecule has 1 aromatic carbocycles. The van der Waals surface area contributed by atoms with E-state index < -0.39 is 0 Å². The molecule has 120 valence electrons. The molecule has 1 aliphatic carbocycles. The Morgan fingerprint density at radius 3 is 2.64 bits per heavy atom. The number of benzene rings is 1. The van der Waals surface area contributed by atoms with Crippen molar-refractivity contribution in [1.82, 2.24) is 10.2 Å². The second-order valence-electron chi connectivity index (χ2n) is 5.94. The first-order chi connectivity index (χ1) is 10.6. The summed E-state index contributed by atoms with van der Waals surface area (Å²) in [5, 5.41) is 5.70. The highest BCUT2D eigenvalue weighted by Gasteiger charge is 2.21. The Morgan fingerprint density at radius 1 is 1.23 bits per heavy atom. The van der Waals surface area contributed by atoms with E-state index in [0.29, 0.717) is 12.6 Å². The molecule has 2 N–H and O–H groups in total. The van der Waals surface area contributed by atoms with Gasteiger partial charge in [-0.3, -0.25) is 4.79 Å². The lowest BCUT2D eigenvalue weighted by atomic mass is 9.95. The van der Waals surface area contributed by atoms with E-state index in [9.17, 15) is 9.59 Å². The summed E-state index contributed by atoms with van der Waals surface area (Å²) in [4.78, 5) is 25.1. The Hall–Kier alpha value is -2.04. The molecular weight excluding hydrogens is 278 g/mol. The number of nitrogens with one attached hydrogen (secondary N) is 2. The van der Waals surface area contributed by atoms with Crippen molar-refractivity contribution in [1.29, 1.82) is 0 Å². The summed E-state index contributed by atoms with van der Waals surface area (Å²) in [6.45, 7) is 1.94. The van der Waals surface area contributed by atoms with Crippen LogP contribution in [-0.4, -0.2) is 29.9 Å². The van der Waals surface area contributed by atoms with Gasteiger partial charge >= 0.3 is 6.03 Å². The topological polar surface area (TPSA) is 61.4 Å². The van der Waals surface area contributed by atoms with E-state index in [0.717, 1.165) is 24.1 Å². The molecule has 5 nitrogen and oxygen atoms in total. The average molecular weight is 303 g/mol. The molecule has 0 radical (unpaired) electrons. The van der Waals surface area contributed by atoms with Crippen molar-refractivity contribution in [2.24, 2.45) is 0 Å². The molecule has 0 atom stereocenters. The molecule has 0 saturated heterocycles. The van der Waals surface area contributed by atoms with Crippen molar-refractivity contribution in [2.45, 2.75) is 51.6 Å². The summed E-state index contributed by atoms with van der Waals surface area (Å²) in [6, 6.07) is 7.85. The maximum absolute atomic E-state index is 12.2. The number of nitrogens with zero attached hydrogens (tertiary/aromatic N) is 1. The third-order valence-corrected chi connectivity index (χ3v) is 4.13. The fraction of sp³-hybridized carbons (Fsp3) is 0.529. The van der Waals surface area contributed by atoms with Gasteiger partial charge in [0, 0.05) is 32.2 Å². The number of rotatable bonds is 4. The maximum atomic E-state index is 12.2. The van der Waals surface area contributed by atoms with Gasteiger partial charge in [-0.25, -0.2) is 4.79 Å². The van der Waals surface area contributed by atoms with E-state index in [-0.39, 0.29) is 11.9 Å². The number of hydrogen-bond acceptors (Lipinski definition) is 2. The summed E-state index contributed by atoms with van der Waals surface area (Å²) in [5.41, 5.74) is 1.72. The Bertz CT molecular complexity index is 524. The summed E-state index contributed by atoms with van der Waals surface area (Å²) >= 11 is 0. The van der Waals surface area contributed by atoms with Gasteiger partial charge in [0.15, 0.2) is 0 Å². The zero-order valence-corrected chi connectivity index (χ0v) is 13.4. The number of amides is 3. The zero-order valence-electron chi connectivity index (χ0n) is 13.4. The summed E-state index contributed by atoms with van der Waals surface area (Å²) in [5.74, 6) is -0.0989. The first-order valence-electron chi connectivity index (χ1n) is 7.93. The van der Waals surface area contributed by atoms with Crippen LogP contribution in [0.2, 0.25) is 0 Å². The smallest absolute Gasteiger partial charge is 0.317 e. The van der Waals surface area contributed by atoms with E-state index in [1.54, 1.807) is 0 Å². The van der Waals surface area contributed by atoms with Gasteiger partial charge in [0.05, 0.1) is 0 Å². The van der Waals surface area contributed by atoms with Gasteiger partial charge in [-0.2, -0.15) is 0 Å². The van der Waals surface area contributed by atoms with Gasteiger partial charge in [0.25, 0.3) is 0 Å². The van der Waals surface area contributed by atoms with E-state index in [4.69, 9.17) is 0 Å². The number of anilines is 1. The minimum absolute atomic E-state index is 0.0307. The van der Waals surface area contributed by atoms with Crippen molar-refractivity contribution in [3.8, 4) is 0 Å². The SMILES string of the molecule is CC(=O)Nc1cccc(CNC(=O)N(C)C2CCCCC2)c1. The third-order valence-electron chi connectivity index (χ3n) is 4.13. The second-order valence-corrected chi connectivity index (χ2v) is 5.94. The van der Waals surface area contributed by atoms with E-state index in [1.807, 2.05) is 36.2 Å². The van der Waals surface area contributed by atoms with Gasteiger partial charge in [0.1, 0.15) is 0 Å². The molecule has 0 spiro atoms. The van der Waals surface area contributed by atoms with Gasteiger partial charge in [-0.1, -0.05) is 31.4 Å². The predicted octanol–water partition coefficient (Wildman–Crippen LogP) is 3.12. The molecule has 0 heterocycles. The van der Waals surface area contributed by atoms with Crippen LogP contribution in [0.3, 0.4) is 0 Å². The third kappa shape index (κ3) is 4.76. The Kier molecular flexibility index (Phi) is 5.81. The molecule has 22 heavy (non-hydrogen) atoms. The highest BCUT2D eigenvalue weighted by molar-refractivity contribution is 5.88. The molecule has 0 unspecified atom stereocenters. The molecule has 1 saturated carbocycles. The predicted molar refractivity (Wildman–Crippen MR) is 87.6 cm³/mol. The molecule has 0 aliphatic heterocycles. The van der Waals surface area contributed by atoms with Crippen LogP contribution in [0.4, 0.5) is 10.5 Å². The normalized spacial score (nSPS) is 15.2. The van der Waals surface area contributed by atoms with E-state index >= 15 is 0 Å². The monoisotopic (exact) mass is 303 g/mol. The largest absolute Gasteiger partial charge is 0.334 e. The van der Waals surface area contributed by atoms with Gasteiger partial charge < -0.3 is 15.5 Å². The number of hydrogen-bond donors (Lipinski definition) is 2. The van der Waals surface area contributed by atoms with Gasteiger partial charge in [0.2, 0.25) is 5.91 Å². The van der Waals surface area contributed by atoms with Crippen LogP contribution in [0.1, 0.15) is 44.6 Å². The molecule has 1 aromatic rings. The average Bonchev–Trinajstić information content (AvgIpc) is 2.52. The van der Waals surface area contributed by atoms with Crippen LogP contribution in [0.15, 0.2) is 24.3 Å². The zero-order chi connectivity index (χ0) is 15.9. The lowest BCUT2D eigenvalue weighted by molar-refractivity contribution is -0.114. The molecule has 1 fully saturated rings. The van der Waals surface area contributed by atoms with Crippen LogP contribution in [-0.2, 0) is 11.3 Å². The molecule has 3 amide bonds. The lowest BCUT2D eigenvalue weighted by Gasteiger charge is -2.31. The van der Waals surface area contributed by atoms with Gasteiger partial charge in [-0.15, -0.1) is 0 Å². The van der Waals surface area contributed by atoms with Crippen LogP contribution in [0, 0.1) is 0 Å². The molecule has 2 rings (SSSR count). The van der Waals surface area contributed by atoms with Crippen molar-refractivity contribution >= 4 is 17.6 Å². The van der Waals surface area contributed by atoms with Gasteiger partial charge in [-0.05, 0) is 30.5 Å². The second kappa shape index (κ2) is 7.82. The quantitative estimate of drug-likeness (QED) is 0.897. The molecular formula is C17H25N3O2. The minimum Gasteiger partial charge on any atom is -0.334 e. The minimum atomic E-state index is -0.0989. The first kappa shape index (κ1) is 16.3. The van der Waals surface area contributed by atoms with Crippen LogP contribution in [0.25, 0.3) is 0 Å². The van der Waals surface area contributed by atoms with Crippen LogP contribution in [0.5, 0.6) is 0 Å². The Labute approximate surface area is 132 Å². The molecule has 0 bridgehead atoms.